The summed E-state index contributed by atoms with van der Waals surface area (Å²) in [5.41, 5.74) is 3.82. The smallest absolute Gasteiger partial charge is 0.308 e. The molecule has 0 unspecified atom stereocenters. The molecule has 0 radical (unpaired) electrons. The van der Waals surface area contributed by atoms with E-state index < -0.39 is 0 Å². The molecule has 3 nitrogen and oxygen atoms in total. The molecule has 19 heavy (non-hydrogen) atoms. The summed E-state index contributed by atoms with van der Waals surface area (Å²) in [7, 11) is 0. The average molecular weight is 319 g/mol. The van der Waals surface area contributed by atoms with Gasteiger partial charge in [0.1, 0.15) is 0 Å². The van der Waals surface area contributed by atoms with Crippen molar-refractivity contribution in [3.63, 3.8) is 0 Å². The van der Waals surface area contributed by atoms with Crippen LogP contribution in [0.3, 0.4) is 0 Å². The molecule has 0 bridgehead atoms. The Hall–Kier alpha value is -1.81. The number of anilines is 2. The van der Waals surface area contributed by atoms with Gasteiger partial charge in [-0.15, -0.1) is 0 Å². The monoisotopic (exact) mass is 318 g/mol. The number of hydrogen-bond donors (Lipinski definition) is 2. The highest BCUT2D eigenvalue weighted by Gasteiger charge is 2.05. The Morgan fingerprint density at radius 3 is 2.37 bits per heavy atom. The molecular formula is C15H15BrN2O. The SMILES string of the molecule is Cc1cccc(NC(=O)Nc2ccc(Br)cc2)c1C. The van der Waals surface area contributed by atoms with Crippen LogP contribution in [0.5, 0.6) is 0 Å². The highest BCUT2D eigenvalue weighted by molar-refractivity contribution is 9.10. The zero-order chi connectivity index (χ0) is 13.8. The zero-order valence-electron chi connectivity index (χ0n) is 10.8. The minimum atomic E-state index is -0.240. The van der Waals surface area contributed by atoms with Crippen molar-refractivity contribution in [1.29, 1.82) is 0 Å². The summed E-state index contributed by atoms with van der Waals surface area (Å²) < 4.78 is 0.980. The van der Waals surface area contributed by atoms with Crippen molar-refractivity contribution in [2.24, 2.45) is 0 Å². The van der Waals surface area contributed by atoms with E-state index in [0.29, 0.717) is 0 Å². The molecule has 0 aromatic heterocycles. The summed E-state index contributed by atoms with van der Waals surface area (Å²) in [6.07, 6.45) is 0. The van der Waals surface area contributed by atoms with E-state index in [1.54, 1.807) is 0 Å². The van der Waals surface area contributed by atoms with Gasteiger partial charge in [-0.1, -0.05) is 28.1 Å². The molecule has 4 heteroatoms. The van der Waals surface area contributed by atoms with Gasteiger partial charge >= 0.3 is 6.03 Å². The number of carbonyl (C=O) groups is 1. The molecule has 0 saturated carbocycles. The summed E-state index contributed by atoms with van der Waals surface area (Å²) >= 11 is 3.35. The summed E-state index contributed by atoms with van der Waals surface area (Å²) in [6, 6.07) is 13.0. The van der Waals surface area contributed by atoms with E-state index in [2.05, 4.69) is 26.6 Å². The van der Waals surface area contributed by atoms with Gasteiger partial charge in [0.15, 0.2) is 0 Å². The van der Waals surface area contributed by atoms with Crippen LogP contribution in [0.4, 0.5) is 16.2 Å². The third kappa shape index (κ3) is 3.58. The summed E-state index contributed by atoms with van der Waals surface area (Å²) in [4.78, 5) is 11.9. The molecule has 98 valence electrons. The Bertz CT molecular complexity index is 594. The van der Waals surface area contributed by atoms with Gasteiger partial charge in [0.2, 0.25) is 0 Å². The molecule has 2 aromatic carbocycles. The normalized spacial score (nSPS) is 10.1. The third-order valence-corrected chi connectivity index (χ3v) is 3.48. The van der Waals surface area contributed by atoms with Gasteiger partial charge in [-0.25, -0.2) is 4.79 Å². The maximum Gasteiger partial charge on any atom is 0.323 e. The molecule has 2 N–H and O–H groups in total. The Morgan fingerprint density at radius 2 is 1.68 bits per heavy atom. The maximum atomic E-state index is 11.9. The van der Waals surface area contributed by atoms with Crippen molar-refractivity contribution in [3.05, 3.63) is 58.1 Å². The summed E-state index contributed by atoms with van der Waals surface area (Å²) in [5, 5.41) is 5.65. The van der Waals surface area contributed by atoms with Crippen LogP contribution in [0.25, 0.3) is 0 Å². The molecule has 0 heterocycles. The fourth-order valence-electron chi connectivity index (χ4n) is 1.70. The van der Waals surface area contributed by atoms with Crippen molar-refractivity contribution >= 4 is 33.3 Å². The fourth-order valence-corrected chi connectivity index (χ4v) is 1.97. The summed E-state index contributed by atoms with van der Waals surface area (Å²) in [6.45, 7) is 4.01. The molecule has 0 aliphatic carbocycles. The van der Waals surface area contributed by atoms with Crippen LogP contribution < -0.4 is 10.6 Å². The standard InChI is InChI=1S/C15H15BrN2O/c1-10-4-3-5-14(11(10)2)18-15(19)17-13-8-6-12(16)7-9-13/h3-9H,1-2H3,(H2,17,18,19). The minimum Gasteiger partial charge on any atom is -0.308 e. The molecule has 0 fully saturated rings. The number of rotatable bonds is 2. The second-order valence-electron chi connectivity index (χ2n) is 4.33. The van der Waals surface area contributed by atoms with Gasteiger partial charge in [-0.05, 0) is 55.3 Å². The van der Waals surface area contributed by atoms with Gasteiger partial charge in [0.05, 0.1) is 0 Å². The van der Waals surface area contributed by atoms with E-state index in [1.165, 1.54) is 0 Å². The zero-order valence-corrected chi connectivity index (χ0v) is 12.4. The first-order valence-corrected chi connectivity index (χ1v) is 6.75. The van der Waals surface area contributed by atoms with Gasteiger partial charge in [-0.2, -0.15) is 0 Å². The molecule has 0 saturated heterocycles. The van der Waals surface area contributed by atoms with Crippen LogP contribution >= 0.6 is 15.9 Å². The Balaban J connectivity index is 2.05. The molecule has 2 rings (SSSR count). The highest BCUT2D eigenvalue weighted by Crippen LogP contribution is 2.19. The third-order valence-electron chi connectivity index (χ3n) is 2.95. The molecule has 2 aromatic rings. The van der Waals surface area contributed by atoms with Crippen LogP contribution in [0.1, 0.15) is 11.1 Å². The number of benzene rings is 2. The minimum absolute atomic E-state index is 0.240. The Labute approximate surface area is 121 Å². The molecule has 2 amide bonds. The molecular weight excluding hydrogens is 304 g/mol. The number of carbonyl (C=O) groups excluding carboxylic acids is 1. The van der Waals surface area contributed by atoms with E-state index in [-0.39, 0.29) is 6.03 Å². The van der Waals surface area contributed by atoms with E-state index in [9.17, 15) is 4.79 Å². The number of aryl methyl sites for hydroxylation is 1. The molecule has 0 aliphatic heterocycles. The second kappa shape index (κ2) is 5.89. The number of halogens is 1. The first kappa shape index (κ1) is 13.6. The van der Waals surface area contributed by atoms with Crippen LogP contribution in [0.2, 0.25) is 0 Å². The summed E-state index contributed by atoms with van der Waals surface area (Å²) in [5.74, 6) is 0. The van der Waals surface area contributed by atoms with Gasteiger partial charge in [-0.3, -0.25) is 0 Å². The van der Waals surface area contributed by atoms with E-state index in [0.717, 1.165) is 27.0 Å². The van der Waals surface area contributed by atoms with Crippen molar-refractivity contribution in [1.82, 2.24) is 0 Å². The highest BCUT2D eigenvalue weighted by atomic mass is 79.9. The predicted molar refractivity (Wildman–Crippen MR) is 82.7 cm³/mol. The average Bonchev–Trinajstić information content (AvgIpc) is 2.38. The lowest BCUT2D eigenvalue weighted by Crippen LogP contribution is -2.20. The fraction of sp³-hybridized carbons (Fsp3) is 0.133. The van der Waals surface area contributed by atoms with Crippen molar-refractivity contribution in [3.8, 4) is 0 Å². The van der Waals surface area contributed by atoms with E-state index in [1.807, 2.05) is 56.3 Å². The second-order valence-corrected chi connectivity index (χ2v) is 5.25. The first-order chi connectivity index (χ1) is 9.06. The topological polar surface area (TPSA) is 41.1 Å². The van der Waals surface area contributed by atoms with Gasteiger partial charge in [0, 0.05) is 15.8 Å². The van der Waals surface area contributed by atoms with Crippen LogP contribution in [0, 0.1) is 13.8 Å². The molecule has 0 spiro atoms. The predicted octanol–water partition coefficient (Wildman–Crippen LogP) is 4.71. The maximum absolute atomic E-state index is 11.9. The van der Waals surface area contributed by atoms with E-state index in [4.69, 9.17) is 0 Å². The first-order valence-electron chi connectivity index (χ1n) is 5.96. The van der Waals surface area contributed by atoms with Crippen LogP contribution in [-0.2, 0) is 0 Å². The van der Waals surface area contributed by atoms with E-state index >= 15 is 0 Å². The number of urea groups is 1. The van der Waals surface area contributed by atoms with Gasteiger partial charge in [0.25, 0.3) is 0 Å². The Kier molecular flexibility index (Phi) is 4.22. The lowest BCUT2D eigenvalue weighted by molar-refractivity contribution is 0.262. The van der Waals surface area contributed by atoms with Crippen molar-refractivity contribution < 1.29 is 4.79 Å². The number of amides is 2. The van der Waals surface area contributed by atoms with Crippen molar-refractivity contribution in [2.75, 3.05) is 10.6 Å². The van der Waals surface area contributed by atoms with Gasteiger partial charge < -0.3 is 10.6 Å². The quantitative estimate of drug-likeness (QED) is 0.827. The lowest BCUT2D eigenvalue weighted by atomic mass is 10.1. The number of nitrogens with one attached hydrogen (secondary N) is 2. The van der Waals surface area contributed by atoms with Crippen LogP contribution in [0.15, 0.2) is 46.9 Å². The molecule has 0 atom stereocenters. The van der Waals surface area contributed by atoms with Crippen molar-refractivity contribution in [2.45, 2.75) is 13.8 Å². The number of hydrogen-bond acceptors (Lipinski definition) is 1. The lowest BCUT2D eigenvalue weighted by Gasteiger charge is -2.11. The van der Waals surface area contributed by atoms with Crippen LogP contribution in [-0.4, -0.2) is 6.03 Å². The molecule has 0 aliphatic rings. The Morgan fingerprint density at radius 1 is 1.00 bits per heavy atom. The largest absolute Gasteiger partial charge is 0.323 e.